The third-order valence-electron chi connectivity index (χ3n) is 3.80. The average molecular weight is 337 g/mol. The number of aromatic hydroxyl groups is 1. The Morgan fingerprint density at radius 2 is 1.96 bits per heavy atom. The summed E-state index contributed by atoms with van der Waals surface area (Å²) < 4.78 is 10.2. The van der Waals surface area contributed by atoms with Crippen LogP contribution in [0.1, 0.15) is 10.5 Å². The minimum Gasteiger partial charge on any atom is -0.494 e. The van der Waals surface area contributed by atoms with Crippen LogP contribution < -0.4 is 4.90 Å². The number of carbonyl (C=O) groups is 1. The van der Waals surface area contributed by atoms with Crippen molar-refractivity contribution in [2.75, 3.05) is 38.3 Å². The molecule has 1 aromatic carbocycles. The van der Waals surface area contributed by atoms with Gasteiger partial charge >= 0.3 is 5.97 Å². The number of H-pyrrole nitrogens is 1. The van der Waals surface area contributed by atoms with E-state index in [1.54, 1.807) is 24.3 Å². The fourth-order valence-electron chi connectivity index (χ4n) is 2.72. The van der Waals surface area contributed by atoms with E-state index in [4.69, 9.17) is 21.1 Å². The summed E-state index contributed by atoms with van der Waals surface area (Å²) in [5.74, 6) is -0.601. The molecule has 0 saturated carbocycles. The molecular weight excluding hydrogens is 320 g/mol. The molecule has 0 radical (unpaired) electrons. The van der Waals surface area contributed by atoms with Gasteiger partial charge in [0.15, 0.2) is 11.6 Å². The molecule has 1 saturated heterocycles. The van der Waals surface area contributed by atoms with Crippen molar-refractivity contribution in [3.8, 4) is 17.0 Å². The highest BCUT2D eigenvalue weighted by Gasteiger charge is 2.28. The number of nitrogens with one attached hydrogen (secondary N) is 1. The number of halogens is 1. The van der Waals surface area contributed by atoms with Gasteiger partial charge in [0, 0.05) is 18.1 Å². The van der Waals surface area contributed by atoms with Crippen LogP contribution in [0.15, 0.2) is 24.3 Å². The molecule has 6 nitrogen and oxygen atoms in total. The van der Waals surface area contributed by atoms with E-state index in [0.717, 1.165) is 5.56 Å². The van der Waals surface area contributed by atoms with Crippen molar-refractivity contribution in [1.82, 2.24) is 4.98 Å². The van der Waals surface area contributed by atoms with Crippen molar-refractivity contribution in [1.29, 1.82) is 0 Å². The van der Waals surface area contributed by atoms with E-state index in [-0.39, 0.29) is 11.6 Å². The van der Waals surface area contributed by atoms with Gasteiger partial charge in [-0.15, -0.1) is 0 Å². The lowest BCUT2D eigenvalue weighted by Crippen LogP contribution is -2.37. The van der Waals surface area contributed by atoms with Gasteiger partial charge in [0.25, 0.3) is 0 Å². The minimum atomic E-state index is -0.526. The number of aromatic amines is 1. The third-order valence-corrected chi connectivity index (χ3v) is 4.06. The lowest BCUT2D eigenvalue weighted by Gasteiger charge is -2.29. The van der Waals surface area contributed by atoms with Crippen molar-refractivity contribution in [2.45, 2.75) is 0 Å². The summed E-state index contributed by atoms with van der Waals surface area (Å²) in [5, 5.41) is 11.0. The smallest absolute Gasteiger partial charge is 0.356 e. The van der Waals surface area contributed by atoms with Crippen molar-refractivity contribution in [2.24, 2.45) is 0 Å². The molecule has 1 aromatic heterocycles. The summed E-state index contributed by atoms with van der Waals surface area (Å²) in [7, 11) is 1.31. The second-order valence-corrected chi connectivity index (χ2v) is 5.61. The monoisotopic (exact) mass is 336 g/mol. The van der Waals surface area contributed by atoms with E-state index in [9.17, 15) is 9.90 Å². The van der Waals surface area contributed by atoms with E-state index in [1.165, 1.54) is 7.11 Å². The predicted molar refractivity (Wildman–Crippen MR) is 87.3 cm³/mol. The summed E-state index contributed by atoms with van der Waals surface area (Å²) >= 11 is 5.93. The highest BCUT2D eigenvalue weighted by atomic mass is 35.5. The maximum Gasteiger partial charge on any atom is 0.356 e. The zero-order valence-electron chi connectivity index (χ0n) is 12.6. The van der Waals surface area contributed by atoms with Crippen molar-refractivity contribution in [3.05, 3.63) is 35.0 Å². The lowest BCUT2D eigenvalue weighted by atomic mass is 10.1. The van der Waals surface area contributed by atoms with Crippen LogP contribution in [0.3, 0.4) is 0 Å². The van der Waals surface area contributed by atoms with Crippen LogP contribution in [0, 0.1) is 0 Å². The Morgan fingerprint density at radius 3 is 2.57 bits per heavy atom. The number of rotatable bonds is 3. The first-order valence-electron chi connectivity index (χ1n) is 7.23. The molecule has 1 aliphatic heterocycles. The topological polar surface area (TPSA) is 74.8 Å². The Hall–Kier alpha value is -2.18. The molecule has 1 fully saturated rings. The maximum absolute atomic E-state index is 12.1. The van der Waals surface area contributed by atoms with Crippen LogP contribution in [0.2, 0.25) is 5.02 Å². The van der Waals surface area contributed by atoms with Crippen LogP contribution >= 0.6 is 11.6 Å². The van der Waals surface area contributed by atoms with E-state index in [2.05, 4.69) is 4.98 Å². The quantitative estimate of drug-likeness (QED) is 0.843. The maximum atomic E-state index is 12.1. The number of morpholine rings is 1. The van der Waals surface area contributed by atoms with Crippen LogP contribution in [0.5, 0.6) is 5.88 Å². The second-order valence-electron chi connectivity index (χ2n) is 5.17. The molecule has 0 spiro atoms. The number of hydrogen-bond donors (Lipinski definition) is 2. The highest BCUT2D eigenvalue weighted by molar-refractivity contribution is 6.30. The summed E-state index contributed by atoms with van der Waals surface area (Å²) in [6.07, 6.45) is 0. The zero-order chi connectivity index (χ0) is 16.4. The van der Waals surface area contributed by atoms with Gasteiger partial charge in [-0.3, -0.25) is 0 Å². The van der Waals surface area contributed by atoms with E-state index >= 15 is 0 Å². The zero-order valence-corrected chi connectivity index (χ0v) is 13.4. The van der Waals surface area contributed by atoms with Gasteiger partial charge in [0.2, 0.25) is 0 Å². The van der Waals surface area contributed by atoms with Crippen molar-refractivity contribution < 1.29 is 19.4 Å². The van der Waals surface area contributed by atoms with Crippen LogP contribution in [-0.4, -0.2) is 49.5 Å². The molecule has 2 heterocycles. The summed E-state index contributed by atoms with van der Waals surface area (Å²) in [6.45, 7) is 2.38. The molecule has 0 amide bonds. The fraction of sp³-hybridized carbons (Fsp3) is 0.312. The molecule has 0 atom stereocenters. The standard InChI is InChI=1S/C16H17ClN2O4/c1-22-16(21)13-14(19-6-8-23-9-7-19)12(15(20)18-13)10-2-4-11(17)5-3-10/h2-5,18,20H,6-9H2,1H3. The molecule has 0 bridgehead atoms. The first-order valence-corrected chi connectivity index (χ1v) is 7.61. The number of benzene rings is 1. The normalized spacial score (nSPS) is 14.8. The molecule has 2 aromatic rings. The Morgan fingerprint density at radius 1 is 1.30 bits per heavy atom. The first kappa shape index (κ1) is 15.7. The van der Waals surface area contributed by atoms with Gasteiger partial charge < -0.3 is 24.5 Å². The number of hydrogen-bond acceptors (Lipinski definition) is 5. The Bertz CT molecular complexity index is 706. The number of aromatic nitrogens is 1. The Kier molecular flexibility index (Phi) is 4.45. The van der Waals surface area contributed by atoms with E-state index in [1.807, 2.05) is 4.90 Å². The highest BCUT2D eigenvalue weighted by Crippen LogP contribution is 2.42. The summed E-state index contributed by atoms with van der Waals surface area (Å²) in [6, 6.07) is 7.08. The number of nitrogens with zero attached hydrogens (tertiary/aromatic N) is 1. The molecule has 0 unspecified atom stereocenters. The number of anilines is 1. The molecule has 1 aliphatic rings. The molecule has 0 aliphatic carbocycles. The second kappa shape index (κ2) is 6.52. The predicted octanol–water partition coefficient (Wildman–Crippen LogP) is 2.66. The molecule has 3 rings (SSSR count). The van der Waals surface area contributed by atoms with Gasteiger partial charge in [-0.2, -0.15) is 0 Å². The largest absolute Gasteiger partial charge is 0.494 e. The van der Waals surface area contributed by atoms with E-state index < -0.39 is 5.97 Å². The fourth-order valence-corrected chi connectivity index (χ4v) is 2.85. The Labute approximate surface area is 138 Å². The number of ether oxygens (including phenoxy) is 2. The molecule has 23 heavy (non-hydrogen) atoms. The van der Waals surface area contributed by atoms with E-state index in [0.29, 0.717) is 42.6 Å². The minimum absolute atomic E-state index is 0.0748. The molecule has 2 N–H and O–H groups in total. The lowest BCUT2D eigenvalue weighted by molar-refractivity contribution is 0.0594. The third kappa shape index (κ3) is 3.00. The van der Waals surface area contributed by atoms with Crippen LogP contribution in [0.4, 0.5) is 5.69 Å². The van der Waals surface area contributed by atoms with Crippen molar-refractivity contribution in [3.63, 3.8) is 0 Å². The number of methoxy groups -OCH3 is 1. The summed E-state index contributed by atoms with van der Waals surface area (Å²) in [4.78, 5) is 16.8. The Balaban J connectivity index is 2.15. The van der Waals surface area contributed by atoms with Gasteiger partial charge in [-0.25, -0.2) is 4.79 Å². The molecule has 7 heteroatoms. The van der Waals surface area contributed by atoms with Gasteiger partial charge in [-0.05, 0) is 17.7 Å². The first-order chi connectivity index (χ1) is 11.1. The van der Waals surface area contributed by atoms with Gasteiger partial charge in [0.05, 0.1) is 31.6 Å². The number of esters is 1. The SMILES string of the molecule is COC(=O)c1[nH]c(O)c(-c2ccc(Cl)cc2)c1N1CCOCC1. The van der Waals surface area contributed by atoms with Gasteiger partial charge in [0.1, 0.15) is 0 Å². The number of carbonyl (C=O) groups excluding carboxylic acids is 1. The molecular formula is C16H17ClN2O4. The molecule has 122 valence electrons. The average Bonchev–Trinajstić information content (AvgIpc) is 2.93. The van der Waals surface area contributed by atoms with Crippen molar-refractivity contribution >= 4 is 23.3 Å². The van der Waals surface area contributed by atoms with Crippen LogP contribution in [-0.2, 0) is 9.47 Å². The summed E-state index contributed by atoms with van der Waals surface area (Å²) in [5.41, 5.74) is 2.18. The van der Waals surface area contributed by atoms with Gasteiger partial charge in [-0.1, -0.05) is 23.7 Å². The van der Waals surface area contributed by atoms with Crippen LogP contribution in [0.25, 0.3) is 11.1 Å².